The van der Waals surface area contributed by atoms with Crippen LogP contribution >= 0.6 is 0 Å². The van der Waals surface area contributed by atoms with Gasteiger partial charge in [-0.05, 0) is 17.5 Å². The Labute approximate surface area is 96.5 Å². The molecule has 0 amide bonds. The van der Waals surface area contributed by atoms with Crippen LogP contribution in [0.2, 0.25) is 0 Å². The molecule has 2 aromatic rings. The lowest BCUT2D eigenvalue weighted by molar-refractivity contribution is -0.135. The molecule has 0 aromatic heterocycles. The third-order valence-electron chi connectivity index (χ3n) is 2.48. The van der Waals surface area contributed by atoms with E-state index in [0.29, 0.717) is 10.8 Å². The Hall–Kier alpha value is -2.23. The summed E-state index contributed by atoms with van der Waals surface area (Å²) in [7, 11) is 0. The molecule has 17 heavy (non-hydrogen) atoms. The van der Waals surface area contributed by atoms with Crippen molar-refractivity contribution in [1.29, 1.82) is 0 Å². The van der Waals surface area contributed by atoms with Gasteiger partial charge in [0.25, 0.3) is 0 Å². The highest BCUT2D eigenvalue weighted by molar-refractivity contribution is 6.13. The zero-order chi connectivity index (χ0) is 12.4. The smallest absolute Gasteiger partial charge is 0.311 e. The Morgan fingerprint density at radius 1 is 1.06 bits per heavy atom. The number of halogens is 1. The number of carbonyl (C=O) groups is 2. The second-order valence-corrected chi connectivity index (χ2v) is 3.63. The fourth-order valence-corrected chi connectivity index (χ4v) is 1.74. The second-order valence-electron chi connectivity index (χ2n) is 3.63. The van der Waals surface area contributed by atoms with E-state index in [1.165, 1.54) is 12.1 Å². The van der Waals surface area contributed by atoms with Gasteiger partial charge in [0, 0.05) is 10.9 Å². The summed E-state index contributed by atoms with van der Waals surface area (Å²) in [6.07, 6.45) is -0.588. The van der Waals surface area contributed by atoms with Crippen LogP contribution in [0, 0.1) is 5.82 Å². The van der Waals surface area contributed by atoms with Crippen LogP contribution in [0.4, 0.5) is 4.39 Å². The van der Waals surface area contributed by atoms with Crippen LogP contribution in [-0.2, 0) is 4.79 Å². The van der Waals surface area contributed by atoms with E-state index < -0.39 is 24.0 Å². The second kappa shape index (κ2) is 4.33. The molecule has 2 rings (SSSR count). The number of carboxylic acid groups (broad SMARTS) is 1. The highest BCUT2D eigenvalue weighted by Crippen LogP contribution is 2.22. The molecule has 0 fully saturated rings. The third kappa shape index (κ3) is 2.15. The Bertz CT molecular complexity index is 605. The van der Waals surface area contributed by atoms with E-state index in [1.807, 2.05) is 0 Å². The molecule has 4 heteroatoms. The third-order valence-corrected chi connectivity index (χ3v) is 2.48. The highest BCUT2D eigenvalue weighted by atomic mass is 19.1. The Balaban J connectivity index is 2.59. The summed E-state index contributed by atoms with van der Waals surface area (Å²) >= 11 is 0. The van der Waals surface area contributed by atoms with Crippen molar-refractivity contribution in [2.75, 3.05) is 0 Å². The molecule has 0 atom stereocenters. The van der Waals surface area contributed by atoms with Gasteiger partial charge in [0.1, 0.15) is 12.2 Å². The summed E-state index contributed by atoms with van der Waals surface area (Å²) < 4.78 is 13.5. The predicted molar refractivity (Wildman–Crippen MR) is 60.5 cm³/mol. The van der Waals surface area contributed by atoms with Crippen LogP contribution in [0.3, 0.4) is 0 Å². The minimum atomic E-state index is -1.19. The molecule has 0 spiro atoms. The van der Waals surface area contributed by atoms with E-state index in [4.69, 9.17) is 5.11 Å². The number of hydrogen-bond donors (Lipinski definition) is 1. The maximum atomic E-state index is 13.5. The largest absolute Gasteiger partial charge is 0.481 e. The van der Waals surface area contributed by atoms with Gasteiger partial charge in [0.15, 0.2) is 5.78 Å². The van der Waals surface area contributed by atoms with Crippen LogP contribution in [0.25, 0.3) is 10.8 Å². The van der Waals surface area contributed by atoms with Crippen molar-refractivity contribution >= 4 is 22.5 Å². The molecule has 0 unspecified atom stereocenters. The fraction of sp³-hybridized carbons (Fsp3) is 0.0769. The highest BCUT2D eigenvalue weighted by Gasteiger charge is 2.14. The molecule has 0 saturated heterocycles. The number of benzene rings is 2. The van der Waals surface area contributed by atoms with Crippen LogP contribution in [0.1, 0.15) is 16.8 Å². The minimum Gasteiger partial charge on any atom is -0.481 e. The van der Waals surface area contributed by atoms with Crippen molar-refractivity contribution in [2.45, 2.75) is 6.42 Å². The van der Waals surface area contributed by atoms with E-state index in [1.54, 1.807) is 24.3 Å². The van der Waals surface area contributed by atoms with Gasteiger partial charge in [-0.15, -0.1) is 0 Å². The number of carboxylic acids is 1. The normalized spacial score (nSPS) is 10.4. The minimum absolute atomic E-state index is 0.240. The average Bonchev–Trinajstić information content (AvgIpc) is 2.29. The number of carbonyl (C=O) groups excluding carboxylic acids is 1. The van der Waals surface area contributed by atoms with E-state index >= 15 is 0 Å². The van der Waals surface area contributed by atoms with E-state index in [0.717, 1.165) is 0 Å². The maximum Gasteiger partial charge on any atom is 0.311 e. The molecule has 0 radical (unpaired) electrons. The van der Waals surface area contributed by atoms with E-state index in [9.17, 15) is 14.0 Å². The number of aliphatic carboxylic acids is 1. The molecule has 1 N–H and O–H groups in total. The van der Waals surface area contributed by atoms with Crippen LogP contribution in [0.5, 0.6) is 0 Å². The zero-order valence-corrected chi connectivity index (χ0v) is 8.81. The van der Waals surface area contributed by atoms with E-state index in [-0.39, 0.29) is 5.56 Å². The summed E-state index contributed by atoms with van der Waals surface area (Å²) in [5, 5.41) is 9.34. The van der Waals surface area contributed by atoms with Crippen molar-refractivity contribution < 1.29 is 19.1 Å². The van der Waals surface area contributed by atoms with Gasteiger partial charge in [-0.3, -0.25) is 9.59 Å². The van der Waals surface area contributed by atoms with Crippen molar-refractivity contribution in [1.82, 2.24) is 0 Å². The van der Waals surface area contributed by atoms with Crippen molar-refractivity contribution in [3.63, 3.8) is 0 Å². The van der Waals surface area contributed by atoms with Gasteiger partial charge in [0.2, 0.25) is 0 Å². The lowest BCUT2D eigenvalue weighted by Crippen LogP contribution is -2.07. The molecule has 0 heterocycles. The summed E-state index contributed by atoms with van der Waals surface area (Å²) in [6.45, 7) is 0. The first-order valence-electron chi connectivity index (χ1n) is 5.02. The predicted octanol–water partition coefficient (Wildman–Crippen LogP) is 2.64. The molecule has 0 aliphatic heterocycles. The molecule has 3 nitrogen and oxygen atoms in total. The monoisotopic (exact) mass is 232 g/mol. The SMILES string of the molecule is O=C(O)CC(=O)c1ccc(F)c2ccccc12. The molecule has 0 bridgehead atoms. The van der Waals surface area contributed by atoms with E-state index in [2.05, 4.69) is 0 Å². The molecule has 0 saturated carbocycles. The number of hydrogen-bond acceptors (Lipinski definition) is 2. The van der Waals surface area contributed by atoms with Crippen LogP contribution in [0.15, 0.2) is 36.4 Å². The number of fused-ring (bicyclic) bond motifs is 1. The Kier molecular flexibility index (Phi) is 2.87. The first kappa shape index (κ1) is 11.3. The summed E-state index contributed by atoms with van der Waals surface area (Å²) in [6, 6.07) is 9.01. The summed E-state index contributed by atoms with van der Waals surface area (Å²) in [5.74, 6) is -2.13. The molecule has 0 aliphatic carbocycles. The lowest BCUT2D eigenvalue weighted by atomic mass is 9.99. The van der Waals surface area contributed by atoms with Gasteiger partial charge >= 0.3 is 5.97 Å². The van der Waals surface area contributed by atoms with Crippen LogP contribution in [-0.4, -0.2) is 16.9 Å². The average molecular weight is 232 g/mol. The zero-order valence-electron chi connectivity index (χ0n) is 8.81. The molecular weight excluding hydrogens is 223 g/mol. The number of rotatable bonds is 3. The van der Waals surface area contributed by atoms with Crippen molar-refractivity contribution in [2.24, 2.45) is 0 Å². The van der Waals surface area contributed by atoms with Gasteiger partial charge < -0.3 is 5.11 Å². The Morgan fingerprint density at radius 3 is 2.35 bits per heavy atom. The quantitative estimate of drug-likeness (QED) is 0.653. The fourth-order valence-electron chi connectivity index (χ4n) is 1.74. The molecular formula is C13H9FO3. The van der Waals surface area contributed by atoms with Crippen molar-refractivity contribution in [3.8, 4) is 0 Å². The molecule has 86 valence electrons. The maximum absolute atomic E-state index is 13.5. The molecule has 2 aromatic carbocycles. The standard InChI is InChI=1S/C13H9FO3/c14-11-6-5-10(12(15)7-13(16)17)8-3-1-2-4-9(8)11/h1-6H,7H2,(H,16,17). The summed E-state index contributed by atoms with van der Waals surface area (Å²) in [4.78, 5) is 22.2. The van der Waals surface area contributed by atoms with Crippen molar-refractivity contribution in [3.05, 3.63) is 47.8 Å². The number of ketones is 1. The van der Waals surface area contributed by atoms with Gasteiger partial charge in [-0.2, -0.15) is 0 Å². The van der Waals surface area contributed by atoms with Gasteiger partial charge in [-0.25, -0.2) is 4.39 Å². The number of Topliss-reactive ketones (excluding diaryl/α,β-unsaturated/α-hetero) is 1. The Morgan fingerprint density at radius 2 is 1.71 bits per heavy atom. The summed E-state index contributed by atoms with van der Waals surface area (Å²) in [5.41, 5.74) is 0.240. The van der Waals surface area contributed by atoms with Crippen LogP contribution < -0.4 is 0 Å². The van der Waals surface area contributed by atoms with Gasteiger partial charge in [0.05, 0.1) is 0 Å². The lowest BCUT2D eigenvalue weighted by Gasteiger charge is -2.05. The molecule has 0 aliphatic rings. The first-order chi connectivity index (χ1) is 8.09. The van der Waals surface area contributed by atoms with Gasteiger partial charge in [-0.1, -0.05) is 24.3 Å². The first-order valence-corrected chi connectivity index (χ1v) is 5.02. The topological polar surface area (TPSA) is 54.4 Å².